The van der Waals surface area contributed by atoms with Crippen LogP contribution in [0.2, 0.25) is 0 Å². The fraction of sp³-hybridized carbons (Fsp3) is 0.263. The number of aryl methyl sites for hydroxylation is 1. The molecule has 0 fully saturated rings. The van der Waals surface area contributed by atoms with Gasteiger partial charge in [-0.05, 0) is 24.6 Å². The number of nitrogens with zero attached hydrogens (tertiary/aromatic N) is 1. The van der Waals surface area contributed by atoms with E-state index < -0.39 is 17.4 Å². The van der Waals surface area contributed by atoms with Gasteiger partial charge in [-0.15, -0.1) is 0 Å². The maximum atomic E-state index is 13.3. The number of likely N-dealkylation sites (N-methyl/N-ethyl adjacent to an activating group) is 1. The molecule has 2 aliphatic heterocycles. The van der Waals surface area contributed by atoms with E-state index in [1.807, 2.05) is 49.4 Å². The molecule has 0 aliphatic carbocycles. The minimum atomic E-state index is -1.15. The lowest BCUT2D eigenvalue weighted by molar-refractivity contribution is -0.146. The third-order valence-electron chi connectivity index (χ3n) is 5.05. The number of para-hydroxylation sites is 1. The second-order valence-corrected chi connectivity index (χ2v) is 6.36. The number of carbonyl (C=O) groups is 2. The van der Waals surface area contributed by atoms with Crippen LogP contribution < -0.4 is 10.2 Å². The summed E-state index contributed by atoms with van der Waals surface area (Å²) in [7, 11) is 3.10. The Bertz CT molecular complexity index is 877. The van der Waals surface area contributed by atoms with Crippen LogP contribution in [0.25, 0.3) is 0 Å². The molecular weight excluding hydrogens is 304 g/mol. The molecule has 24 heavy (non-hydrogen) atoms. The molecule has 2 aromatic carbocycles. The van der Waals surface area contributed by atoms with Crippen LogP contribution in [0, 0.1) is 6.92 Å². The molecule has 0 aromatic heterocycles. The van der Waals surface area contributed by atoms with Gasteiger partial charge in [-0.1, -0.05) is 35.9 Å². The summed E-state index contributed by atoms with van der Waals surface area (Å²) < 4.78 is 5.06. The van der Waals surface area contributed by atoms with E-state index in [1.54, 1.807) is 11.9 Å². The Morgan fingerprint density at radius 1 is 1.25 bits per heavy atom. The van der Waals surface area contributed by atoms with Crippen molar-refractivity contribution in [3.63, 3.8) is 0 Å². The topological polar surface area (TPSA) is 58.6 Å². The zero-order valence-electron chi connectivity index (χ0n) is 13.8. The summed E-state index contributed by atoms with van der Waals surface area (Å²) in [6.45, 7) is 1.98. The highest BCUT2D eigenvalue weighted by molar-refractivity contribution is 6.14. The molecule has 2 aliphatic rings. The standard InChI is InChI=1S/C19H18N2O3/c1-11-8-9-15-13(10-11)19(18(23)21(15)2)16(17(22)24-3)12-6-4-5-7-14(12)20-19/h4-10,16,20H,1-3H3. The second-order valence-electron chi connectivity index (χ2n) is 6.36. The molecule has 0 radical (unpaired) electrons. The first-order chi connectivity index (χ1) is 11.5. The number of anilines is 2. The Labute approximate surface area is 140 Å². The van der Waals surface area contributed by atoms with Crippen molar-refractivity contribution in [2.75, 3.05) is 24.4 Å². The van der Waals surface area contributed by atoms with Gasteiger partial charge >= 0.3 is 5.97 Å². The van der Waals surface area contributed by atoms with Crippen molar-refractivity contribution in [2.24, 2.45) is 0 Å². The van der Waals surface area contributed by atoms with Gasteiger partial charge in [0.05, 0.1) is 7.11 Å². The molecular formula is C19H18N2O3. The summed E-state index contributed by atoms with van der Waals surface area (Å²) >= 11 is 0. The Kier molecular flexibility index (Phi) is 2.97. The van der Waals surface area contributed by atoms with E-state index in [4.69, 9.17) is 4.74 Å². The maximum absolute atomic E-state index is 13.3. The molecule has 2 aromatic rings. The number of benzene rings is 2. The Morgan fingerprint density at radius 2 is 2.00 bits per heavy atom. The first kappa shape index (κ1) is 14.8. The predicted octanol–water partition coefficient (Wildman–Crippen LogP) is 2.55. The molecule has 2 atom stereocenters. The summed E-state index contributed by atoms with van der Waals surface area (Å²) in [6.07, 6.45) is 0. The van der Waals surface area contributed by atoms with Crippen LogP contribution in [0.1, 0.15) is 22.6 Å². The quantitative estimate of drug-likeness (QED) is 0.820. The van der Waals surface area contributed by atoms with Gasteiger partial charge in [0.15, 0.2) is 5.54 Å². The van der Waals surface area contributed by atoms with Crippen LogP contribution in [0.4, 0.5) is 11.4 Å². The Morgan fingerprint density at radius 3 is 2.75 bits per heavy atom. The number of hydrogen-bond acceptors (Lipinski definition) is 4. The number of amides is 1. The average Bonchev–Trinajstić information content (AvgIpc) is 3.04. The van der Waals surface area contributed by atoms with Crippen LogP contribution in [-0.4, -0.2) is 26.0 Å². The van der Waals surface area contributed by atoms with Crippen molar-refractivity contribution < 1.29 is 14.3 Å². The third kappa shape index (κ3) is 1.64. The highest BCUT2D eigenvalue weighted by atomic mass is 16.5. The van der Waals surface area contributed by atoms with Crippen LogP contribution in [-0.2, 0) is 19.9 Å². The van der Waals surface area contributed by atoms with Gasteiger partial charge in [-0.2, -0.15) is 0 Å². The number of nitrogens with one attached hydrogen (secondary N) is 1. The van der Waals surface area contributed by atoms with E-state index in [2.05, 4.69) is 5.32 Å². The van der Waals surface area contributed by atoms with Gasteiger partial charge < -0.3 is 15.0 Å². The Balaban J connectivity index is 2.02. The SMILES string of the molecule is COC(=O)C1c2ccccc2NC12C(=O)N(C)c1ccc(C)cc12. The van der Waals surface area contributed by atoms with E-state index in [1.165, 1.54) is 7.11 Å². The number of carbonyl (C=O) groups excluding carboxylic acids is 2. The predicted molar refractivity (Wildman–Crippen MR) is 91.1 cm³/mol. The average molecular weight is 322 g/mol. The van der Waals surface area contributed by atoms with E-state index in [-0.39, 0.29) is 5.91 Å². The van der Waals surface area contributed by atoms with E-state index in [9.17, 15) is 9.59 Å². The third-order valence-corrected chi connectivity index (χ3v) is 5.05. The van der Waals surface area contributed by atoms with E-state index in [0.29, 0.717) is 0 Å². The fourth-order valence-corrected chi connectivity index (χ4v) is 3.95. The van der Waals surface area contributed by atoms with Crippen molar-refractivity contribution >= 4 is 23.3 Å². The summed E-state index contributed by atoms with van der Waals surface area (Å²) in [5.41, 5.74) is 3.12. The summed E-state index contributed by atoms with van der Waals surface area (Å²) in [5, 5.41) is 3.35. The maximum Gasteiger partial charge on any atom is 0.316 e. The number of fused-ring (bicyclic) bond motifs is 3. The fourth-order valence-electron chi connectivity index (χ4n) is 3.95. The number of hydrogen-bond donors (Lipinski definition) is 1. The number of ether oxygens (including phenoxy) is 1. The smallest absolute Gasteiger partial charge is 0.316 e. The lowest BCUT2D eigenvalue weighted by atomic mass is 9.78. The van der Waals surface area contributed by atoms with E-state index in [0.717, 1.165) is 28.1 Å². The van der Waals surface area contributed by atoms with Gasteiger partial charge in [-0.25, -0.2) is 0 Å². The number of esters is 1. The van der Waals surface area contributed by atoms with Crippen molar-refractivity contribution in [3.8, 4) is 0 Å². The zero-order chi connectivity index (χ0) is 17.1. The second kappa shape index (κ2) is 4.84. The molecule has 2 unspecified atom stereocenters. The van der Waals surface area contributed by atoms with Gasteiger partial charge in [0, 0.05) is 24.0 Å². The summed E-state index contributed by atoms with van der Waals surface area (Å²) in [5.74, 6) is -1.27. The molecule has 5 heteroatoms. The van der Waals surface area contributed by atoms with Gasteiger partial charge in [0.1, 0.15) is 5.92 Å². The highest BCUT2D eigenvalue weighted by Gasteiger charge is 2.62. The van der Waals surface area contributed by atoms with Crippen molar-refractivity contribution in [3.05, 3.63) is 59.2 Å². The molecule has 0 bridgehead atoms. The van der Waals surface area contributed by atoms with Crippen molar-refractivity contribution in [1.29, 1.82) is 0 Å². The summed E-state index contributed by atoms with van der Waals surface area (Å²) in [4.78, 5) is 27.5. The normalized spacial score (nSPS) is 23.9. The molecule has 5 nitrogen and oxygen atoms in total. The molecule has 122 valence electrons. The molecule has 1 amide bonds. The van der Waals surface area contributed by atoms with E-state index >= 15 is 0 Å². The van der Waals surface area contributed by atoms with Crippen LogP contribution >= 0.6 is 0 Å². The van der Waals surface area contributed by atoms with Crippen LogP contribution in [0.5, 0.6) is 0 Å². The highest BCUT2D eigenvalue weighted by Crippen LogP contribution is 2.55. The lowest BCUT2D eigenvalue weighted by Gasteiger charge is -2.29. The van der Waals surface area contributed by atoms with Crippen LogP contribution in [0.15, 0.2) is 42.5 Å². The molecule has 1 N–H and O–H groups in total. The van der Waals surface area contributed by atoms with Gasteiger partial charge in [0.2, 0.25) is 0 Å². The monoisotopic (exact) mass is 322 g/mol. The number of rotatable bonds is 1. The van der Waals surface area contributed by atoms with Crippen molar-refractivity contribution in [1.82, 2.24) is 0 Å². The molecule has 4 rings (SSSR count). The summed E-state index contributed by atoms with van der Waals surface area (Å²) in [6, 6.07) is 13.4. The minimum Gasteiger partial charge on any atom is -0.468 e. The minimum absolute atomic E-state index is 0.144. The molecule has 1 spiro atoms. The Hall–Kier alpha value is -2.82. The first-order valence-corrected chi connectivity index (χ1v) is 7.85. The van der Waals surface area contributed by atoms with Crippen LogP contribution in [0.3, 0.4) is 0 Å². The van der Waals surface area contributed by atoms with Gasteiger partial charge in [0.25, 0.3) is 5.91 Å². The molecule has 0 saturated carbocycles. The number of methoxy groups -OCH3 is 1. The largest absolute Gasteiger partial charge is 0.468 e. The molecule has 2 heterocycles. The first-order valence-electron chi connectivity index (χ1n) is 7.85. The molecule has 0 saturated heterocycles. The lowest BCUT2D eigenvalue weighted by Crippen LogP contribution is -2.48. The zero-order valence-corrected chi connectivity index (χ0v) is 13.8. The van der Waals surface area contributed by atoms with Gasteiger partial charge in [-0.3, -0.25) is 9.59 Å². The van der Waals surface area contributed by atoms with Crippen molar-refractivity contribution in [2.45, 2.75) is 18.4 Å².